The van der Waals surface area contributed by atoms with Crippen LogP contribution in [0.3, 0.4) is 0 Å². The summed E-state index contributed by atoms with van der Waals surface area (Å²) in [7, 11) is -0.589. The minimum atomic E-state index is -3.83. The van der Waals surface area contributed by atoms with Gasteiger partial charge in [0.05, 0.1) is 11.5 Å². The van der Waals surface area contributed by atoms with Crippen molar-refractivity contribution in [1.82, 2.24) is 14.3 Å². The Bertz CT molecular complexity index is 764. The van der Waals surface area contributed by atoms with Gasteiger partial charge in [-0.25, -0.2) is 18.1 Å². The summed E-state index contributed by atoms with van der Waals surface area (Å²) in [5, 5.41) is 13.7. The zero-order chi connectivity index (χ0) is 15.6. The second-order valence-corrected chi connectivity index (χ2v) is 7.11. The van der Waals surface area contributed by atoms with E-state index < -0.39 is 14.9 Å². The van der Waals surface area contributed by atoms with Gasteiger partial charge in [-0.15, -0.1) is 0 Å². The van der Waals surface area contributed by atoms with Crippen molar-refractivity contribution in [3.63, 3.8) is 0 Å². The van der Waals surface area contributed by atoms with E-state index in [1.807, 2.05) is 0 Å². The average Bonchev–Trinajstić information content (AvgIpc) is 3.02. The molecule has 2 rings (SSSR count). The van der Waals surface area contributed by atoms with Crippen LogP contribution >= 0.6 is 11.3 Å². The predicted octanol–water partition coefficient (Wildman–Crippen LogP) is 0.910. The Kier molecular flexibility index (Phi) is 4.25. The topological polar surface area (TPSA) is 119 Å². The zero-order valence-corrected chi connectivity index (χ0v) is 12.9. The molecule has 2 aromatic rings. The van der Waals surface area contributed by atoms with E-state index in [2.05, 4.69) is 15.0 Å². The number of aryl methyl sites for hydroxylation is 1. The van der Waals surface area contributed by atoms with Gasteiger partial charge in [0.25, 0.3) is 10.0 Å². The normalized spacial score (nSPS) is 11.5. The number of nitrogens with zero attached hydrogens (tertiary/aromatic N) is 3. The van der Waals surface area contributed by atoms with Gasteiger partial charge >= 0.3 is 5.69 Å². The lowest BCUT2D eigenvalue weighted by Crippen LogP contribution is -2.24. The maximum Gasteiger partial charge on any atom is 0.304 e. The van der Waals surface area contributed by atoms with Gasteiger partial charge in [-0.3, -0.25) is 10.1 Å². The maximum atomic E-state index is 12.2. The zero-order valence-electron chi connectivity index (χ0n) is 11.2. The molecule has 0 amide bonds. The van der Waals surface area contributed by atoms with Gasteiger partial charge in [-0.1, -0.05) is 11.3 Å². The van der Waals surface area contributed by atoms with Crippen LogP contribution in [0.1, 0.15) is 5.82 Å². The number of nitro groups is 1. The molecule has 21 heavy (non-hydrogen) atoms. The van der Waals surface area contributed by atoms with Crippen molar-refractivity contribution in [2.24, 2.45) is 7.05 Å². The van der Waals surface area contributed by atoms with Crippen molar-refractivity contribution in [2.75, 3.05) is 12.4 Å². The van der Waals surface area contributed by atoms with E-state index in [0.717, 1.165) is 17.4 Å². The van der Waals surface area contributed by atoms with Gasteiger partial charge in [0, 0.05) is 32.6 Å². The van der Waals surface area contributed by atoms with Gasteiger partial charge in [0.15, 0.2) is 5.00 Å². The van der Waals surface area contributed by atoms with Gasteiger partial charge in [-0.05, 0) is 0 Å². The molecule has 0 unspecified atom stereocenters. The molecule has 2 aromatic heterocycles. The van der Waals surface area contributed by atoms with E-state index in [1.54, 1.807) is 24.0 Å². The molecule has 0 aliphatic heterocycles. The Labute approximate surface area is 124 Å². The second kappa shape index (κ2) is 5.79. The largest absolute Gasteiger partial charge is 0.374 e. The summed E-state index contributed by atoms with van der Waals surface area (Å²) < 4.78 is 28.2. The number of hydrogen-bond acceptors (Lipinski definition) is 7. The highest BCUT2D eigenvalue weighted by Gasteiger charge is 2.25. The number of nitrogens with one attached hydrogen (secondary N) is 2. The fraction of sp³-hybridized carbons (Fsp3) is 0.300. The molecule has 2 heterocycles. The fourth-order valence-corrected chi connectivity index (χ4v) is 3.91. The van der Waals surface area contributed by atoms with Gasteiger partial charge < -0.3 is 9.88 Å². The molecule has 0 aliphatic carbocycles. The minimum Gasteiger partial charge on any atom is -0.374 e. The molecule has 9 nitrogen and oxygen atoms in total. The Morgan fingerprint density at radius 1 is 1.52 bits per heavy atom. The molecule has 0 atom stereocenters. The number of rotatable bonds is 6. The Morgan fingerprint density at radius 2 is 2.24 bits per heavy atom. The van der Waals surface area contributed by atoms with Gasteiger partial charge in [0.2, 0.25) is 0 Å². The van der Waals surface area contributed by atoms with Crippen molar-refractivity contribution >= 4 is 32.0 Å². The van der Waals surface area contributed by atoms with Crippen LogP contribution in [0, 0.1) is 10.1 Å². The second-order valence-electron chi connectivity index (χ2n) is 4.07. The third-order valence-electron chi connectivity index (χ3n) is 2.72. The van der Waals surface area contributed by atoms with Crippen LogP contribution < -0.4 is 10.0 Å². The first-order chi connectivity index (χ1) is 9.85. The minimum absolute atomic E-state index is 0.00637. The summed E-state index contributed by atoms with van der Waals surface area (Å²) in [6.07, 6.45) is 3.25. The number of hydrogen-bond donors (Lipinski definition) is 2. The monoisotopic (exact) mass is 331 g/mol. The summed E-state index contributed by atoms with van der Waals surface area (Å²) in [6.45, 7) is 0.00637. The molecule has 0 bridgehead atoms. The Morgan fingerprint density at radius 3 is 2.71 bits per heavy atom. The van der Waals surface area contributed by atoms with Crippen molar-refractivity contribution in [3.8, 4) is 0 Å². The van der Waals surface area contributed by atoms with Crippen LogP contribution in [0.25, 0.3) is 0 Å². The Balaban J connectivity index is 2.23. The van der Waals surface area contributed by atoms with E-state index in [1.165, 1.54) is 7.05 Å². The molecular weight excluding hydrogens is 318 g/mol. The van der Waals surface area contributed by atoms with E-state index in [0.29, 0.717) is 5.82 Å². The van der Waals surface area contributed by atoms with Crippen LogP contribution in [-0.2, 0) is 23.6 Å². The SMILES string of the molecule is CNc1sc(S(=O)(=O)NCc2nccn2C)cc1[N+](=O)[O-]. The highest BCUT2D eigenvalue weighted by atomic mass is 32.2. The first kappa shape index (κ1) is 15.4. The van der Waals surface area contributed by atoms with E-state index in [4.69, 9.17) is 0 Å². The van der Waals surface area contributed by atoms with E-state index in [9.17, 15) is 18.5 Å². The number of thiophene rings is 1. The molecule has 114 valence electrons. The molecule has 2 N–H and O–H groups in total. The first-order valence-electron chi connectivity index (χ1n) is 5.77. The molecule has 0 saturated heterocycles. The number of sulfonamides is 1. The standard InChI is InChI=1S/C10H13N5O4S2/c1-11-10-7(15(16)17)5-9(20-10)21(18,19)13-6-8-12-3-4-14(8)2/h3-5,11,13H,6H2,1-2H3. The summed E-state index contributed by atoms with van der Waals surface area (Å²) in [6, 6.07) is 1.04. The summed E-state index contributed by atoms with van der Waals surface area (Å²) in [5.74, 6) is 0.540. The van der Waals surface area contributed by atoms with E-state index in [-0.39, 0.29) is 21.4 Å². The molecule has 0 radical (unpaired) electrons. The number of aromatic nitrogens is 2. The summed E-state index contributed by atoms with van der Waals surface area (Å²) in [5.41, 5.74) is -0.264. The van der Waals surface area contributed by atoms with Crippen molar-refractivity contribution in [2.45, 2.75) is 10.8 Å². The van der Waals surface area contributed by atoms with E-state index >= 15 is 0 Å². The smallest absolute Gasteiger partial charge is 0.304 e. The highest BCUT2D eigenvalue weighted by molar-refractivity contribution is 7.91. The van der Waals surface area contributed by atoms with Crippen molar-refractivity contribution in [3.05, 3.63) is 34.4 Å². The van der Waals surface area contributed by atoms with Crippen LogP contribution in [0.15, 0.2) is 22.7 Å². The predicted molar refractivity (Wildman–Crippen MR) is 77.8 cm³/mol. The lowest BCUT2D eigenvalue weighted by atomic mass is 10.5. The highest BCUT2D eigenvalue weighted by Crippen LogP contribution is 2.36. The Hall–Kier alpha value is -1.98. The maximum absolute atomic E-state index is 12.2. The van der Waals surface area contributed by atoms with Crippen LogP contribution in [0.4, 0.5) is 10.7 Å². The van der Waals surface area contributed by atoms with Crippen LogP contribution in [-0.4, -0.2) is 29.9 Å². The first-order valence-corrected chi connectivity index (χ1v) is 8.07. The van der Waals surface area contributed by atoms with Crippen molar-refractivity contribution in [1.29, 1.82) is 0 Å². The molecule has 0 fully saturated rings. The molecule has 11 heteroatoms. The van der Waals surface area contributed by atoms with Gasteiger partial charge in [-0.2, -0.15) is 0 Å². The molecular formula is C10H13N5O4S2. The fourth-order valence-electron chi connectivity index (χ4n) is 1.60. The lowest BCUT2D eigenvalue weighted by molar-refractivity contribution is -0.383. The van der Waals surface area contributed by atoms with Crippen molar-refractivity contribution < 1.29 is 13.3 Å². The van der Waals surface area contributed by atoms with Crippen LogP contribution in [0.5, 0.6) is 0 Å². The average molecular weight is 331 g/mol. The third kappa shape index (κ3) is 3.20. The lowest BCUT2D eigenvalue weighted by Gasteiger charge is -2.04. The quantitative estimate of drug-likeness (QED) is 0.600. The van der Waals surface area contributed by atoms with Crippen LogP contribution in [0.2, 0.25) is 0 Å². The number of imidazole rings is 1. The molecule has 0 aliphatic rings. The summed E-state index contributed by atoms with van der Waals surface area (Å²) >= 11 is 0.806. The molecule has 0 aromatic carbocycles. The van der Waals surface area contributed by atoms with Gasteiger partial charge in [0.1, 0.15) is 10.0 Å². The molecule has 0 saturated carbocycles. The molecule has 0 spiro atoms. The third-order valence-corrected chi connectivity index (χ3v) is 5.74. The summed E-state index contributed by atoms with van der Waals surface area (Å²) in [4.78, 5) is 14.2. The number of anilines is 1.